The Bertz CT molecular complexity index is 1070. The van der Waals surface area contributed by atoms with Gasteiger partial charge in [-0.3, -0.25) is 18.8 Å². The molecule has 0 fully saturated rings. The molecule has 0 saturated carbocycles. The van der Waals surface area contributed by atoms with Crippen LogP contribution in [0.15, 0.2) is 35.3 Å². The van der Waals surface area contributed by atoms with E-state index in [0.29, 0.717) is 36.3 Å². The number of pyridine rings is 1. The highest BCUT2D eigenvalue weighted by atomic mass is 16.5. The number of aromatic nitrogens is 3. The molecule has 0 aliphatic rings. The van der Waals surface area contributed by atoms with Crippen LogP contribution in [0.3, 0.4) is 0 Å². The summed E-state index contributed by atoms with van der Waals surface area (Å²) in [6, 6.07) is 6.77. The van der Waals surface area contributed by atoms with E-state index in [0.717, 1.165) is 0 Å². The van der Waals surface area contributed by atoms with Crippen molar-refractivity contribution in [2.45, 2.75) is 19.9 Å². The Morgan fingerprint density at radius 1 is 1.29 bits per heavy atom. The van der Waals surface area contributed by atoms with Gasteiger partial charge in [0.1, 0.15) is 23.5 Å². The van der Waals surface area contributed by atoms with Crippen LogP contribution in [0.5, 0.6) is 0 Å². The number of carbonyl (C=O) groups is 2. The number of hydrogen-bond donors (Lipinski definition) is 1. The Balaban J connectivity index is 2.04. The first-order valence-electron chi connectivity index (χ1n) is 9.00. The highest BCUT2D eigenvalue weighted by Gasteiger charge is 2.20. The molecule has 3 rings (SSSR count). The average molecular weight is 386 g/mol. The number of nitrogens with zero attached hydrogens (tertiary/aromatic N) is 3. The van der Waals surface area contributed by atoms with E-state index in [4.69, 9.17) is 9.47 Å². The normalized spacial score (nSPS) is 11.1. The lowest BCUT2D eigenvalue weighted by Crippen LogP contribution is -2.32. The Morgan fingerprint density at radius 3 is 2.86 bits per heavy atom. The number of rotatable bonds is 8. The topological polar surface area (TPSA) is 104 Å². The average Bonchev–Trinajstić information content (AvgIpc) is 3.06. The van der Waals surface area contributed by atoms with Crippen LogP contribution in [0.4, 0.5) is 0 Å². The van der Waals surface area contributed by atoms with Crippen LogP contribution in [0.2, 0.25) is 0 Å². The molecule has 0 aliphatic heterocycles. The molecule has 0 unspecified atom stereocenters. The van der Waals surface area contributed by atoms with Gasteiger partial charge in [0.15, 0.2) is 0 Å². The summed E-state index contributed by atoms with van der Waals surface area (Å²) in [7, 11) is 1.60. The smallest absolute Gasteiger partial charge is 0.325 e. The Kier molecular flexibility index (Phi) is 6.05. The van der Waals surface area contributed by atoms with Gasteiger partial charge in [0, 0.05) is 26.5 Å². The van der Waals surface area contributed by atoms with Crippen molar-refractivity contribution in [2.75, 3.05) is 26.9 Å². The van der Waals surface area contributed by atoms with Gasteiger partial charge in [0.05, 0.1) is 12.0 Å². The number of hydrogen-bond acceptors (Lipinski definition) is 6. The summed E-state index contributed by atoms with van der Waals surface area (Å²) in [6.45, 7) is 2.61. The van der Waals surface area contributed by atoms with Crippen LogP contribution in [0.1, 0.15) is 23.8 Å². The second-order valence-corrected chi connectivity index (χ2v) is 6.10. The molecule has 0 bridgehead atoms. The predicted molar refractivity (Wildman–Crippen MR) is 102 cm³/mol. The molecule has 0 atom stereocenters. The second-order valence-electron chi connectivity index (χ2n) is 6.10. The first-order chi connectivity index (χ1) is 13.6. The third kappa shape index (κ3) is 3.89. The Morgan fingerprint density at radius 2 is 2.11 bits per heavy atom. The van der Waals surface area contributed by atoms with E-state index in [9.17, 15) is 14.4 Å². The quantitative estimate of drug-likeness (QED) is 0.457. The van der Waals surface area contributed by atoms with Gasteiger partial charge in [0.2, 0.25) is 0 Å². The summed E-state index contributed by atoms with van der Waals surface area (Å²) in [6.07, 6.45) is 2.27. The van der Waals surface area contributed by atoms with Crippen molar-refractivity contribution in [2.24, 2.45) is 0 Å². The molecule has 0 radical (unpaired) electrons. The molecule has 9 heteroatoms. The molecular weight excluding hydrogens is 364 g/mol. The zero-order valence-corrected chi connectivity index (χ0v) is 15.8. The standard InChI is InChI=1S/C19H22N4O5/c1-3-28-16(24)12-20-18(25)14-11-13-17(22(14)9-6-10-27-2)21-15-7-4-5-8-23(15)19(13)26/h4-5,7-8,11H,3,6,9-10,12H2,1-2H3,(H,20,25). The van der Waals surface area contributed by atoms with Crippen molar-refractivity contribution in [1.29, 1.82) is 0 Å². The van der Waals surface area contributed by atoms with Crippen LogP contribution >= 0.6 is 0 Å². The zero-order valence-electron chi connectivity index (χ0n) is 15.8. The fourth-order valence-corrected chi connectivity index (χ4v) is 2.99. The van der Waals surface area contributed by atoms with Crippen molar-refractivity contribution >= 4 is 28.6 Å². The molecule has 1 N–H and O–H groups in total. The summed E-state index contributed by atoms with van der Waals surface area (Å²) in [4.78, 5) is 41.6. The molecule has 0 aromatic carbocycles. The number of fused-ring (bicyclic) bond motifs is 2. The number of methoxy groups -OCH3 is 1. The van der Waals surface area contributed by atoms with E-state index in [1.165, 1.54) is 10.5 Å². The number of nitrogens with one attached hydrogen (secondary N) is 1. The largest absolute Gasteiger partial charge is 0.465 e. The lowest BCUT2D eigenvalue weighted by Gasteiger charge is -2.10. The van der Waals surface area contributed by atoms with Crippen LogP contribution in [-0.4, -0.2) is 52.7 Å². The van der Waals surface area contributed by atoms with Gasteiger partial charge in [-0.2, -0.15) is 0 Å². The number of aryl methyl sites for hydroxylation is 1. The van der Waals surface area contributed by atoms with Crippen molar-refractivity contribution in [3.8, 4) is 0 Å². The van der Waals surface area contributed by atoms with Crippen molar-refractivity contribution < 1.29 is 19.1 Å². The molecule has 28 heavy (non-hydrogen) atoms. The third-order valence-electron chi connectivity index (χ3n) is 4.24. The molecule has 0 spiro atoms. The van der Waals surface area contributed by atoms with Gasteiger partial charge in [-0.15, -0.1) is 0 Å². The van der Waals surface area contributed by atoms with Crippen molar-refractivity contribution in [1.82, 2.24) is 19.3 Å². The van der Waals surface area contributed by atoms with Crippen molar-refractivity contribution in [3.05, 3.63) is 46.5 Å². The van der Waals surface area contributed by atoms with E-state index in [-0.39, 0.29) is 24.4 Å². The van der Waals surface area contributed by atoms with Crippen LogP contribution in [0, 0.1) is 0 Å². The molecule has 1 amide bonds. The lowest BCUT2D eigenvalue weighted by molar-refractivity contribution is -0.141. The highest BCUT2D eigenvalue weighted by Crippen LogP contribution is 2.17. The number of carbonyl (C=O) groups excluding carboxylic acids is 2. The summed E-state index contributed by atoms with van der Waals surface area (Å²) >= 11 is 0. The number of amides is 1. The van der Waals surface area contributed by atoms with Crippen LogP contribution in [-0.2, 0) is 20.8 Å². The minimum atomic E-state index is -0.526. The SMILES string of the molecule is CCOC(=O)CNC(=O)c1cc2c(=O)n3ccccc3nc2n1CCCOC. The summed E-state index contributed by atoms with van der Waals surface area (Å²) in [5, 5.41) is 2.87. The molecule has 148 valence electrons. The van der Waals surface area contributed by atoms with Gasteiger partial charge in [-0.25, -0.2) is 4.98 Å². The summed E-state index contributed by atoms with van der Waals surface area (Å²) in [5.41, 5.74) is 0.916. The zero-order chi connectivity index (χ0) is 20.1. The predicted octanol–water partition coefficient (Wildman–Crippen LogP) is 0.979. The Labute approximate surface area is 160 Å². The van der Waals surface area contributed by atoms with E-state index < -0.39 is 11.9 Å². The first-order valence-corrected chi connectivity index (χ1v) is 9.00. The minimum Gasteiger partial charge on any atom is -0.465 e. The maximum Gasteiger partial charge on any atom is 0.325 e. The summed E-state index contributed by atoms with van der Waals surface area (Å²) in [5.74, 6) is -1.00. The second kappa shape index (κ2) is 8.66. The highest BCUT2D eigenvalue weighted by molar-refractivity contribution is 5.99. The van der Waals surface area contributed by atoms with E-state index in [1.807, 2.05) is 0 Å². The van der Waals surface area contributed by atoms with Gasteiger partial charge < -0.3 is 19.4 Å². The van der Waals surface area contributed by atoms with E-state index in [1.54, 1.807) is 43.0 Å². The number of ether oxygens (including phenoxy) is 2. The lowest BCUT2D eigenvalue weighted by atomic mass is 10.3. The Hall–Kier alpha value is -3.20. The van der Waals surface area contributed by atoms with Gasteiger partial charge >= 0.3 is 5.97 Å². The van der Waals surface area contributed by atoms with Gasteiger partial charge in [-0.05, 0) is 31.5 Å². The molecule has 3 aromatic heterocycles. The summed E-state index contributed by atoms with van der Waals surface area (Å²) < 4.78 is 13.0. The van der Waals surface area contributed by atoms with Gasteiger partial charge in [-0.1, -0.05) is 6.07 Å². The number of esters is 1. The fourth-order valence-electron chi connectivity index (χ4n) is 2.99. The maximum absolute atomic E-state index is 12.8. The van der Waals surface area contributed by atoms with Gasteiger partial charge in [0.25, 0.3) is 11.5 Å². The maximum atomic E-state index is 12.8. The van der Waals surface area contributed by atoms with Crippen LogP contribution < -0.4 is 10.9 Å². The van der Waals surface area contributed by atoms with Crippen molar-refractivity contribution in [3.63, 3.8) is 0 Å². The third-order valence-corrected chi connectivity index (χ3v) is 4.24. The molecular formula is C19H22N4O5. The van der Waals surface area contributed by atoms with E-state index >= 15 is 0 Å². The molecule has 3 aromatic rings. The minimum absolute atomic E-state index is 0.235. The molecule has 0 aliphatic carbocycles. The molecule has 0 saturated heterocycles. The molecule has 3 heterocycles. The van der Waals surface area contributed by atoms with Crippen LogP contribution in [0.25, 0.3) is 16.7 Å². The first kappa shape index (κ1) is 19.6. The van der Waals surface area contributed by atoms with E-state index in [2.05, 4.69) is 10.3 Å². The molecule has 9 nitrogen and oxygen atoms in total. The fraction of sp³-hybridized carbons (Fsp3) is 0.368. The monoisotopic (exact) mass is 386 g/mol.